The molecule has 1 aliphatic rings. The van der Waals surface area contributed by atoms with Crippen LogP contribution >= 0.6 is 0 Å². The van der Waals surface area contributed by atoms with Crippen molar-refractivity contribution in [1.29, 1.82) is 0 Å². The van der Waals surface area contributed by atoms with Crippen molar-refractivity contribution in [2.75, 3.05) is 32.8 Å². The lowest BCUT2D eigenvalue weighted by Gasteiger charge is -2.38. The Morgan fingerprint density at radius 1 is 1.42 bits per heavy atom. The lowest BCUT2D eigenvalue weighted by molar-refractivity contribution is -0.137. The summed E-state index contributed by atoms with van der Waals surface area (Å²) in [7, 11) is 0. The van der Waals surface area contributed by atoms with E-state index < -0.39 is 5.97 Å². The summed E-state index contributed by atoms with van der Waals surface area (Å²) in [5.74, 6) is -0.737. The van der Waals surface area contributed by atoms with Crippen LogP contribution in [-0.2, 0) is 9.53 Å². The zero-order chi connectivity index (χ0) is 14.4. The monoisotopic (exact) mass is 272 g/mol. The van der Waals surface area contributed by atoms with E-state index in [0.717, 1.165) is 26.2 Å². The smallest absolute Gasteiger partial charge is 0.304 e. The van der Waals surface area contributed by atoms with Gasteiger partial charge in [0.1, 0.15) is 0 Å². The largest absolute Gasteiger partial charge is 0.481 e. The van der Waals surface area contributed by atoms with Gasteiger partial charge in [-0.05, 0) is 27.7 Å². The minimum Gasteiger partial charge on any atom is -0.481 e. The van der Waals surface area contributed by atoms with Crippen LogP contribution in [0.1, 0.15) is 34.1 Å². The SMILES string of the molecule is CC(C)N1CCOC(CN(CCC(=O)O)C(C)C)C1. The maximum Gasteiger partial charge on any atom is 0.304 e. The molecule has 0 amide bonds. The molecule has 5 heteroatoms. The average molecular weight is 272 g/mol. The van der Waals surface area contributed by atoms with E-state index in [2.05, 4.69) is 37.5 Å². The third-order valence-electron chi connectivity index (χ3n) is 3.68. The van der Waals surface area contributed by atoms with Crippen LogP contribution in [0.15, 0.2) is 0 Å². The zero-order valence-electron chi connectivity index (χ0n) is 12.6. The van der Waals surface area contributed by atoms with Gasteiger partial charge in [-0.3, -0.25) is 14.6 Å². The molecule has 1 heterocycles. The molecule has 1 rings (SSSR count). The first-order valence-corrected chi connectivity index (χ1v) is 7.21. The van der Waals surface area contributed by atoms with E-state index in [0.29, 0.717) is 18.6 Å². The second kappa shape index (κ2) is 7.82. The van der Waals surface area contributed by atoms with Crippen molar-refractivity contribution >= 4 is 5.97 Å². The van der Waals surface area contributed by atoms with Gasteiger partial charge in [0.05, 0.1) is 19.1 Å². The maximum atomic E-state index is 10.7. The van der Waals surface area contributed by atoms with Gasteiger partial charge >= 0.3 is 5.97 Å². The number of rotatable bonds is 7. The molecule has 0 saturated carbocycles. The second-order valence-electron chi connectivity index (χ2n) is 5.81. The van der Waals surface area contributed by atoms with E-state index in [-0.39, 0.29) is 12.5 Å². The molecule has 0 radical (unpaired) electrons. The zero-order valence-corrected chi connectivity index (χ0v) is 12.6. The summed E-state index contributed by atoms with van der Waals surface area (Å²) in [6.45, 7) is 12.7. The van der Waals surface area contributed by atoms with Gasteiger partial charge in [0.15, 0.2) is 0 Å². The molecule has 0 aliphatic carbocycles. The number of aliphatic carboxylic acids is 1. The molecule has 0 aromatic heterocycles. The number of carboxylic acids is 1. The molecule has 1 N–H and O–H groups in total. The summed E-state index contributed by atoms with van der Waals surface area (Å²) in [5.41, 5.74) is 0. The highest BCUT2D eigenvalue weighted by Gasteiger charge is 2.25. The highest BCUT2D eigenvalue weighted by atomic mass is 16.5. The first kappa shape index (κ1) is 16.4. The van der Waals surface area contributed by atoms with Crippen molar-refractivity contribution in [1.82, 2.24) is 9.80 Å². The molecule has 1 aliphatic heterocycles. The van der Waals surface area contributed by atoms with Crippen LogP contribution in [0.25, 0.3) is 0 Å². The predicted molar refractivity (Wildman–Crippen MR) is 75.4 cm³/mol. The van der Waals surface area contributed by atoms with Crippen molar-refractivity contribution < 1.29 is 14.6 Å². The van der Waals surface area contributed by atoms with Crippen LogP contribution in [0.2, 0.25) is 0 Å². The minimum absolute atomic E-state index is 0.187. The number of carboxylic acid groups (broad SMARTS) is 1. The standard InChI is InChI=1S/C14H28N2O3/c1-11(2)15(6-5-14(17)18)9-13-10-16(12(3)4)7-8-19-13/h11-13H,5-10H2,1-4H3,(H,17,18). The molecular weight excluding hydrogens is 244 g/mol. The van der Waals surface area contributed by atoms with Gasteiger partial charge in [-0.25, -0.2) is 0 Å². The average Bonchev–Trinajstić information content (AvgIpc) is 2.34. The van der Waals surface area contributed by atoms with Gasteiger partial charge in [-0.15, -0.1) is 0 Å². The molecule has 0 aromatic carbocycles. The number of nitrogens with zero attached hydrogens (tertiary/aromatic N) is 2. The van der Waals surface area contributed by atoms with Gasteiger partial charge in [0.2, 0.25) is 0 Å². The molecule has 5 nitrogen and oxygen atoms in total. The minimum atomic E-state index is -0.737. The van der Waals surface area contributed by atoms with Crippen LogP contribution in [0.5, 0.6) is 0 Å². The van der Waals surface area contributed by atoms with E-state index in [1.54, 1.807) is 0 Å². The summed E-state index contributed by atoms with van der Waals surface area (Å²) in [6, 6.07) is 0.885. The van der Waals surface area contributed by atoms with Crippen molar-refractivity contribution in [2.45, 2.75) is 52.3 Å². The van der Waals surface area contributed by atoms with Crippen molar-refractivity contribution in [3.8, 4) is 0 Å². The fourth-order valence-electron chi connectivity index (χ4n) is 2.38. The molecule has 1 fully saturated rings. The lowest BCUT2D eigenvalue weighted by atomic mass is 10.2. The highest BCUT2D eigenvalue weighted by Crippen LogP contribution is 2.12. The molecule has 1 unspecified atom stereocenters. The maximum absolute atomic E-state index is 10.7. The Bertz CT molecular complexity index is 282. The summed E-state index contributed by atoms with van der Waals surface area (Å²) in [4.78, 5) is 15.3. The number of carbonyl (C=O) groups is 1. The molecule has 0 spiro atoms. The molecule has 1 atom stereocenters. The molecule has 0 aromatic rings. The molecule has 112 valence electrons. The summed E-state index contributed by atoms with van der Waals surface area (Å²) < 4.78 is 5.82. The third kappa shape index (κ3) is 5.89. The third-order valence-corrected chi connectivity index (χ3v) is 3.68. The van der Waals surface area contributed by atoms with Crippen LogP contribution < -0.4 is 0 Å². The Kier molecular flexibility index (Phi) is 6.75. The van der Waals surface area contributed by atoms with Gasteiger partial charge in [-0.2, -0.15) is 0 Å². The normalized spacial score (nSPS) is 21.5. The van der Waals surface area contributed by atoms with E-state index >= 15 is 0 Å². The fraction of sp³-hybridized carbons (Fsp3) is 0.929. The lowest BCUT2D eigenvalue weighted by Crippen LogP contribution is -2.51. The van der Waals surface area contributed by atoms with Gasteiger partial charge in [0, 0.05) is 38.3 Å². The Morgan fingerprint density at radius 3 is 2.63 bits per heavy atom. The van der Waals surface area contributed by atoms with Crippen LogP contribution in [-0.4, -0.2) is 71.8 Å². The fourth-order valence-corrected chi connectivity index (χ4v) is 2.38. The van der Waals surface area contributed by atoms with Gasteiger partial charge < -0.3 is 9.84 Å². The van der Waals surface area contributed by atoms with Crippen LogP contribution in [0, 0.1) is 0 Å². The van der Waals surface area contributed by atoms with Gasteiger partial charge in [-0.1, -0.05) is 0 Å². The van der Waals surface area contributed by atoms with E-state index in [4.69, 9.17) is 9.84 Å². The Labute approximate surface area is 116 Å². The first-order valence-electron chi connectivity index (χ1n) is 7.21. The molecular formula is C14H28N2O3. The predicted octanol–water partition coefficient (Wildman–Crippen LogP) is 1.28. The summed E-state index contributed by atoms with van der Waals surface area (Å²) in [6.07, 6.45) is 0.381. The van der Waals surface area contributed by atoms with Crippen molar-refractivity contribution in [3.05, 3.63) is 0 Å². The Hall–Kier alpha value is -0.650. The molecule has 0 bridgehead atoms. The van der Waals surface area contributed by atoms with Crippen LogP contribution in [0.3, 0.4) is 0 Å². The van der Waals surface area contributed by atoms with Gasteiger partial charge in [0.25, 0.3) is 0 Å². The molecule has 19 heavy (non-hydrogen) atoms. The quantitative estimate of drug-likeness (QED) is 0.756. The topological polar surface area (TPSA) is 53.0 Å². The van der Waals surface area contributed by atoms with E-state index in [9.17, 15) is 4.79 Å². The number of hydrogen-bond donors (Lipinski definition) is 1. The summed E-state index contributed by atoms with van der Waals surface area (Å²) in [5, 5.41) is 8.80. The van der Waals surface area contributed by atoms with Crippen LogP contribution in [0.4, 0.5) is 0 Å². The summed E-state index contributed by atoms with van der Waals surface area (Å²) >= 11 is 0. The van der Waals surface area contributed by atoms with Crippen molar-refractivity contribution in [3.63, 3.8) is 0 Å². The Balaban J connectivity index is 2.46. The Morgan fingerprint density at radius 2 is 2.11 bits per heavy atom. The van der Waals surface area contributed by atoms with E-state index in [1.807, 2.05) is 0 Å². The second-order valence-corrected chi connectivity index (χ2v) is 5.81. The van der Waals surface area contributed by atoms with Crippen molar-refractivity contribution in [2.24, 2.45) is 0 Å². The number of morpholine rings is 1. The first-order chi connectivity index (χ1) is 8.90. The highest BCUT2D eigenvalue weighted by molar-refractivity contribution is 5.66. The number of ether oxygens (including phenoxy) is 1. The molecule has 1 saturated heterocycles. The number of hydrogen-bond acceptors (Lipinski definition) is 4. The van der Waals surface area contributed by atoms with E-state index in [1.165, 1.54) is 0 Å².